The van der Waals surface area contributed by atoms with Crippen LogP contribution in [0.3, 0.4) is 0 Å². The van der Waals surface area contributed by atoms with Crippen molar-refractivity contribution >= 4 is 22.8 Å². The third-order valence-electron chi connectivity index (χ3n) is 4.85. The van der Waals surface area contributed by atoms with Gasteiger partial charge >= 0.3 is 0 Å². The number of hydrogen-bond acceptors (Lipinski definition) is 6. The number of pyridine rings is 1. The monoisotopic (exact) mass is 385 g/mol. The molecule has 1 fully saturated rings. The molecule has 7 heteroatoms. The van der Waals surface area contributed by atoms with Crippen LogP contribution in [0.25, 0.3) is 22.3 Å². The van der Waals surface area contributed by atoms with Crippen LogP contribution in [-0.4, -0.2) is 43.5 Å². The van der Waals surface area contributed by atoms with E-state index in [1.54, 1.807) is 20.0 Å². The van der Waals surface area contributed by atoms with Gasteiger partial charge in [0, 0.05) is 30.3 Å². The van der Waals surface area contributed by atoms with Crippen molar-refractivity contribution in [1.82, 2.24) is 19.9 Å². The summed E-state index contributed by atoms with van der Waals surface area (Å²) in [6.45, 7) is 5.56. The molecule has 3 N–H and O–H groups in total. The lowest BCUT2D eigenvalue weighted by Gasteiger charge is -2.12. The second-order valence-corrected chi connectivity index (χ2v) is 7.02. The number of carbonyl (C=O) groups excluding carboxylic acids is 1. The molecule has 0 radical (unpaired) electrons. The molecule has 0 spiro atoms. The molecule has 2 aromatic heterocycles. The molecular weight excluding hydrogens is 366 g/mol. The summed E-state index contributed by atoms with van der Waals surface area (Å²) in [6.07, 6.45) is 0.0972. The van der Waals surface area contributed by atoms with E-state index < -0.39 is 11.5 Å². The molecule has 1 saturated heterocycles. The lowest BCUT2D eigenvalue weighted by molar-refractivity contribution is -0.137. The molecule has 3 aromatic rings. The van der Waals surface area contributed by atoms with Gasteiger partial charge in [0.15, 0.2) is 5.82 Å². The number of rotatable bonds is 1. The second kappa shape index (κ2) is 6.69. The topological polar surface area (TPSA) is 105 Å². The Morgan fingerprint density at radius 3 is 2.76 bits per heavy atom. The quantitative estimate of drug-likeness (QED) is 0.621. The lowest BCUT2D eigenvalue weighted by atomic mass is 10.0. The van der Waals surface area contributed by atoms with E-state index in [-0.39, 0.29) is 6.42 Å². The summed E-state index contributed by atoms with van der Waals surface area (Å²) in [5, 5.41) is 10.6. The van der Waals surface area contributed by atoms with E-state index in [9.17, 15) is 9.90 Å². The van der Waals surface area contributed by atoms with Gasteiger partial charge in [0.2, 0.25) is 5.60 Å². The Kier molecular flexibility index (Phi) is 4.29. The van der Waals surface area contributed by atoms with Gasteiger partial charge in [-0.05, 0) is 31.2 Å². The van der Waals surface area contributed by atoms with Crippen LogP contribution in [0.2, 0.25) is 0 Å². The SMILES string of the molecule is C=C1C[C@@](O)(C#Cc2cccc(-c3ccc4nc(C)nc(N)c4n3)c2)C(=O)N1C. The number of aryl methyl sites for hydroxylation is 1. The first-order chi connectivity index (χ1) is 13.8. The summed E-state index contributed by atoms with van der Waals surface area (Å²) >= 11 is 0. The summed E-state index contributed by atoms with van der Waals surface area (Å²) in [6, 6.07) is 11.1. The van der Waals surface area contributed by atoms with Gasteiger partial charge in [-0.1, -0.05) is 30.6 Å². The highest BCUT2D eigenvalue weighted by Gasteiger charge is 2.44. The largest absolute Gasteiger partial charge is 0.382 e. The third-order valence-corrected chi connectivity index (χ3v) is 4.85. The first-order valence-corrected chi connectivity index (χ1v) is 9.00. The maximum atomic E-state index is 12.2. The standard InChI is InChI=1S/C22H19N5O2/c1-13-12-22(29,21(28)27(13)3)10-9-15-5-4-6-16(11-15)17-7-8-18-19(26-17)20(23)25-14(2)24-18/h4-8,11,29H,1,12H2,2-3H3,(H2,23,24,25)/t22-/m0/s1. The number of aromatic nitrogens is 3. The molecule has 1 aliphatic heterocycles. The number of aliphatic hydroxyl groups is 1. The van der Waals surface area contributed by atoms with Crippen LogP contribution in [0.15, 0.2) is 48.7 Å². The van der Waals surface area contributed by atoms with Gasteiger partial charge in [-0.3, -0.25) is 4.79 Å². The highest BCUT2D eigenvalue weighted by molar-refractivity contribution is 5.93. The minimum atomic E-state index is -1.74. The van der Waals surface area contributed by atoms with E-state index in [0.717, 1.165) is 5.56 Å². The number of amides is 1. The number of likely N-dealkylation sites (tertiary alicyclic amines) is 1. The number of nitrogen functional groups attached to an aromatic ring is 1. The molecule has 29 heavy (non-hydrogen) atoms. The van der Waals surface area contributed by atoms with Gasteiger partial charge in [-0.15, -0.1) is 0 Å². The number of likely N-dealkylation sites (N-methyl/N-ethyl adjacent to an activating group) is 1. The van der Waals surface area contributed by atoms with Gasteiger partial charge in [0.05, 0.1) is 11.2 Å². The Morgan fingerprint density at radius 2 is 2.03 bits per heavy atom. The van der Waals surface area contributed by atoms with Crippen molar-refractivity contribution in [1.29, 1.82) is 0 Å². The number of carbonyl (C=O) groups is 1. The lowest BCUT2D eigenvalue weighted by Crippen LogP contribution is -2.37. The number of nitrogens with zero attached hydrogens (tertiary/aromatic N) is 4. The third kappa shape index (κ3) is 3.30. The zero-order valence-corrected chi connectivity index (χ0v) is 16.1. The zero-order valence-electron chi connectivity index (χ0n) is 16.1. The first-order valence-electron chi connectivity index (χ1n) is 9.00. The van der Waals surface area contributed by atoms with Crippen molar-refractivity contribution in [2.24, 2.45) is 0 Å². The molecule has 4 rings (SSSR count). The van der Waals surface area contributed by atoms with E-state index >= 15 is 0 Å². The minimum absolute atomic E-state index is 0.0972. The van der Waals surface area contributed by atoms with Crippen molar-refractivity contribution in [3.05, 3.63) is 60.1 Å². The van der Waals surface area contributed by atoms with Gasteiger partial charge < -0.3 is 15.7 Å². The highest BCUT2D eigenvalue weighted by Crippen LogP contribution is 2.29. The molecule has 7 nitrogen and oxygen atoms in total. The summed E-state index contributed by atoms with van der Waals surface area (Å²) in [5.74, 6) is 6.06. The van der Waals surface area contributed by atoms with Gasteiger partial charge in [-0.25, -0.2) is 15.0 Å². The molecule has 1 aliphatic rings. The number of fused-ring (bicyclic) bond motifs is 1. The second-order valence-electron chi connectivity index (χ2n) is 7.02. The summed E-state index contributed by atoms with van der Waals surface area (Å²) in [5.41, 5.74) is 8.18. The molecule has 1 aromatic carbocycles. The van der Waals surface area contributed by atoms with Crippen molar-refractivity contribution < 1.29 is 9.90 Å². The molecular formula is C22H19N5O2. The van der Waals surface area contributed by atoms with E-state index in [0.29, 0.717) is 39.6 Å². The summed E-state index contributed by atoms with van der Waals surface area (Å²) < 4.78 is 0. The molecule has 0 unspecified atom stereocenters. The first kappa shape index (κ1) is 18.6. The average molecular weight is 385 g/mol. The van der Waals surface area contributed by atoms with E-state index in [2.05, 4.69) is 33.4 Å². The van der Waals surface area contributed by atoms with Crippen LogP contribution in [0, 0.1) is 18.8 Å². The molecule has 3 heterocycles. The maximum absolute atomic E-state index is 12.2. The van der Waals surface area contributed by atoms with Crippen molar-refractivity contribution in [2.45, 2.75) is 18.9 Å². The highest BCUT2D eigenvalue weighted by atomic mass is 16.3. The van der Waals surface area contributed by atoms with Crippen molar-refractivity contribution in [2.75, 3.05) is 12.8 Å². The van der Waals surface area contributed by atoms with Crippen LogP contribution >= 0.6 is 0 Å². The average Bonchev–Trinajstić information content (AvgIpc) is 2.89. The van der Waals surface area contributed by atoms with Crippen LogP contribution < -0.4 is 5.73 Å². The Balaban J connectivity index is 1.70. The predicted octanol–water partition coefficient (Wildman–Crippen LogP) is 2.04. The summed E-state index contributed by atoms with van der Waals surface area (Å²) in [4.78, 5) is 26.6. The fraction of sp³-hybridized carbons (Fsp3) is 0.182. The molecule has 1 amide bonds. The van der Waals surface area contributed by atoms with Crippen molar-refractivity contribution in [3.8, 4) is 23.1 Å². The number of nitrogens with two attached hydrogens (primary N) is 1. The molecule has 0 bridgehead atoms. The van der Waals surface area contributed by atoms with E-state index in [1.807, 2.05) is 30.3 Å². The Morgan fingerprint density at radius 1 is 1.24 bits per heavy atom. The molecule has 0 saturated carbocycles. The maximum Gasteiger partial charge on any atom is 0.271 e. The Bertz CT molecular complexity index is 1240. The van der Waals surface area contributed by atoms with E-state index in [1.165, 1.54) is 4.90 Å². The molecule has 144 valence electrons. The fourth-order valence-corrected chi connectivity index (χ4v) is 3.26. The zero-order chi connectivity index (χ0) is 20.8. The van der Waals surface area contributed by atoms with Gasteiger partial charge in [0.1, 0.15) is 11.3 Å². The Labute approximate surface area is 167 Å². The molecule has 1 atom stereocenters. The minimum Gasteiger partial charge on any atom is -0.382 e. The van der Waals surface area contributed by atoms with Crippen LogP contribution in [0.1, 0.15) is 17.8 Å². The van der Waals surface area contributed by atoms with Gasteiger partial charge in [0.25, 0.3) is 5.91 Å². The Hall–Kier alpha value is -3.76. The predicted molar refractivity (Wildman–Crippen MR) is 110 cm³/mol. The van der Waals surface area contributed by atoms with Gasteiger partial charge in [-0.2, -0.15) is 0 Å². The van der Waals surface area contributed by atoms with Crippen LogP contribution in [0.5, 0.6) is 0 Å². The van der Waals surface area contributed by atoms with Crippen LogP contribution in [0.4, 0.5) is 5.82 Å². The number of anilines is 1. The number of hydrogen-bond donors (Lipinski definition) is 2. The molecule has 0 aliphatic carbocycles. The fourth-order valence-electron chi connectivity index (χ4n) is 3.26. The summed E-state index contributed by atoms with van der Waals surface area (Å²) in [7, 11) is 1.58. The van der Waals surface area contributed by atoms with Crippen molar-refractivity contribution in [3.63, 3.8) is 0 Å². The normalized spacial score (nSPS) is 18.8. The van der Waals surface area contributed by atoms with E-state index in [4.69, 9.17) is 5.73 Å². The number of benzene rings is 1. The smallest absolute Gasteiger partial charge is 0.271 e. The van der Waals surface area contributed by atoms with Crippen LogP contribution in [-0.2, 0) is 4.79 Å².